The lowest BCUT2D eigenvalue weighted by molar-refractivity contribution is 0.206. The third kappa shape index (κ3) is 6.70. The smallest absolute Gasteiger partial charge is 0.317 e. The molecule has 0 bridgehead atoms. The summed E-state index contributed by atoms with van der Waals surface area (Å²) in [7, 11) is -0.0908. The van der Waals surface area contributed by atoms with Crippen molar-refractivity contribution in [3.63, 3.8) is 0 Å². The number of nitrogens with one attached hydrogen (secondary N) is 2. The second-order valence-corrected chi connectivity index (χ2v) is 9.90. The zero-order chi connectivity index (χ0) is 22.3. The first-order valence-corrected chi connectivity index (χ1v) is 12.3. The van der Waals surface area contributed by atoms with Crippen molar-refractivity contribution in [2.75, 3.05) is 32.1 Å². The number of urea groups is 1. The highest BCUT2D eigenvalue weighted by Gasteiger charge is 2.17. The van der Waals surface area contributed by atoms with Gasteiger partial charge in [-0.2, -0.15) is 0 Å². The molecule has 0 aromatic heterocycles. The van der Waals surface area contributed by atoms with Crippen LogP contribution in [0.15, 0.2) is 48.5 Å². The van der Waals surface area contributed by atoms with E-state index >= 15 is 0 Å². The van der Waals surface area contributed by atoms with Crippen LogP contribution in [0.25, 0.3) is 0 Å². The molecule has 0 atom stereocenters. The molecular formula is C23H32N4O3S. The number of carbonyl (C=O) groups is 1. The van der Waals surface area contributed by atoms with Gasteiger partial charge in [0, 0.05) is 38.9 Å². The SMILES string of the molecule is CNS(=O)(=O)Cc1ccc(CNC(=O)N(C)Cc2ccccc2N2CCCCC2)cc1. The second kappa shape index (κ2) is 10.6. The molecule has 3 rings (SSSR count). The van der Waals surface area contributed by atoms with Gasteiger partial charge in [0.1, 0.15) is 0 Å². The highest BCUT2D eigenvalue weighted by molar-refractivity contribution is 7.88. The molecule has 0 spiro atoms. The van der Waals surface area contributed by atoms with Crippen molar-refractivity contribution in [3.05, 3.63) is 65.2 Å². The first-order valence-electron chi connectivity index (χ1n) is 10.7. The fourth-order valence-electron chi connectivity index (χ4n) is 3.77. The summed E-state index contributed by atoms with van der Waals surface area (Å²) in [6, 6.07) is 15.4. The maximum atomic E-state index is 12.6. The molecule has 168 valence electrons. The van der Waals surface area contributed by atoms with Gasteiger partial charge in [-0.1, -0.05) is 42.5 Å². The van der Waals surface area contributed by atoms with Crippen LogP contribution in [0.2, 0.25) is 0 Å². The van der Waals surface area contributed by atoms with Crippen LogP contribution >= 0.6 is 0 Å². The third-order valence-corrected chi connectivity index (χ3v) is 6.91. The summed E-state index contributed by atoms with van der Waals surface area (Å²) in [5.74, 6) is -0.0602. The van der Waals surface area contributed by atoms with Crippen LogP contribution in [0.5, 0.6) is 0 Å². The molecule has 1 aliphatic heterocycles. The first kappa shape index (κ1) is 23.1. The molecule has 0 radical (unpaired) electrons. The number of carbonyl (C=O) groups excluding carboxylic acids is 1. The second-order valence-electron chi connectivity index (χ2n) is 7.97. The van der Waals surface area contributed by atoms with Crippen molar-refractivity contribution in [3.8, 4) is 0 Å². The fourth-order valence-corrected chi connectivity index (χ4v) is 4.55. The van der Waals surface area contributed by atoms with Crippen LogP contribution in [-0.2, 0) is 28.9 Å². The molecule has 1 fully saturated rings. The molecule has 0 saturated carbocycles. The number of nitrogens with zero attached hydrogens (tertiary/aromatic N) is 2. The summed E-state index contributed by atoms with van der Waals surface area (Å²) in [6.07, 6.45) is 3.71. The van der Waals surface area contributed by atoms with Gasteiger partial charge in [-0.15, -0.1) is 0 Å². The topological polar surface area (TPSA) is 81.8 Å². The molecule has 2 N–H and O–H groups in total. The number of hydrogen-bond donors (Lipinski definition) is 2. The summed E-state index contributed by atoms with van der Waals surface area (Å²) in [4.78, 5) is 16.7. The lowest BCUT2D eigenvalue weighted by atomic mass is 10.1. The van der Waals surface area contributed by atoms with Gasteiger partial charge in [-0.3, -0.25) is 0 Å². The van der Waals surface area contributed by atoms with E-state index < -0.39 is 10.0 Å². The van der Waals surface area contributed by atoms with E-state index in [4.69, 9.17) is 0 Å². The molecule has 8 heteroatoms. The molecular weight excluding hydrogens is 412 g/mol. The highest BCUT2D eigenvalue weighted by atomic mass is 32.2. The molecule has 1 aliphatic rings. The van der Waals surface area contributed by atoms with Gasteiger partial charge >= 0.3 is 6.03 Å². The van der Waals surface area contributed by atoms with Crippen molar-refractivity contribution < 1.29 is 13.2 Å². The molecule has 31 heavy (non-hydrogen) atoms. The van der Waals surface area contributed by atoms with E-state index in [9.17, 15) is 13.2 Å². The molecule has 2 aromatic carbocycles. The maximum Gasteiger partial charge on any atom is 0.317 e. The van der Waals surface area contributed by atoms with E-state index in [1.54, 1.807) is 24.1 Å². The summed E-state index contributed by atoms with van der Waals surface area (Å²) < 4.78 is 25.6. The van der Waals surface area contributed by atoms with E-state index in [1.165, 1.54) is 32.0 Å². The van der Waals surface area contributed by atoms with Gasteiger partial charge in [0.05, 0.1) is 5.75 Å². The Hall–Kier alpha value is -2.58. The monoisotopic (exact) mass is 444 g/mol. The Bertz CT molecular complexity index is 971. The first-order chi connectivity index (χ1) is 14.9. The molecule has 2 aromatic rings. The average Bonchev–Trinajstić information content (AvgIpc) is 2.79. The van der Waals surface area contributed by atoms with Crippen molar-refractivity contribution in [1.82, 2.24) is 14.9 Å². The molecule has 7 nitrogen and oxygen atoms in total. The van der Waals surface area contributed by atoms with E-state index in [0.29, 0.717) is 18.7 Å². The Labute approximate surface area is 185 Å². The van der Waals surface area contributed by atoms with E-state index in [2.05, 4.69) is 33.1 Å². The number of anilines is 1. The maximum absolute atomic E-state index is 12.6. The molecule has 1 heterocycles. The van der Waals surface area contributed by atoms with E-state index in [1.807, 2.05) is 18.2 Å². The van der Waals surface area contributed by atoms with Crippen LogP contribution in [0.4, 0.5) is 10.5 Å². The predicted octanol–water partition coefficient (Wildman–Crippen LogP) is 3.07. The Morgan fingerprint density at radius 1 is 1.00 bits per heavy atom. The molecule has 0 unspecified atom stereocenters. The number of rotatable bonds is 8. The van der Waals surface area contributed by atoms with Gasteiger partial charge in [-0.25, -0.2) is 17.9 Å². The summed E-state index contributed by atoms with van der Waals surface area (Å²) in [5.41, 5.74) is 3.99. The van der Waals surface area contributed by atoms with Crippen LogP contribution in [0.3, 0.4) is 0 Å². The van der Waals surface area contributed by atoms with Gasteiger partial charge in [-0.05, 0) is 49.1 Å². The van der Waals surface area contributed by atoms with Gasteiger partial charge in [0.2, 0.25) is 10.0 Å². The van der Waals surface area contributed by atoms with Crippen molar-refractivity contribution >= 4 is 21.7 Å². The predicted molar refractivity (Wildman–Crippen MR) is 124 cm³/mol. The minimum Gasteiger partial charge on any atom is -0.371 e. The number of amides is 2. The van der Waals surface area contributed by atoms with Crippen LogP contribution in [0, 0.1) is 0 Å². The number of piperidine rings is 1. The Kier molecular flexibility index (Phi) is 7.92. The van der Waals surface area contributed by atoms with Crippen molar-refractivity contribution in [1.29, 1.82) is 0 Å². The molecule has 2 amide bonds. The Morgan fingerprint density at radius 2 is 1.65 bits per heavy atom. The summed E-state index contributed by atoms with van der Waals surface area (Å²) in [5, 5.41) is 2.94. The number of benzene rings is 2. The zero-order valence-corrected chi connectivity index (χ0v) is 19.1. The average molecular weight is 445 g/mol. The third-order valence-electron chi connectivity index (χ3n) is 5.58. The number of sulfonamides is 1. The van der Waals surface area contributed by atoms with E-state index in [-0.39, 0.29) is 11.8 Å². The Morgan fingerprint density at radius 3 is 2.32 bits per heavy atom. The summed E-state index contributed by atoms with van der Waals surface area (Å²) in [6.45, 7) is 3.06. The zero-order valence-electron chi connectivity index (χ0n) is 18.3. The quantitative estimate of drug-likeness (QED) is 0.656. The van der Waals surface area contributed by atoms with Crippen LogP contribution in [-0.4, -0.2) is 46.5 Å². The minimum atomic E-state index is -3.29. The highest BCUT2D eigenvalue weighted by Crippen LogP contribution is 2.25. The van der Waals surface area contributed by atoms with Gasteiger partial charge < -0.3 is 15.1 Å². The van der Waals surface area contributed by atoms with Crippen LogP contribution in [0.1, 0.15) is 36.0 Å². The molecule has 0 aliphatic carbocycles. The lowest BCUT2D eigenvalue weighted by Gasteiger charge is -2.31. The number of para-hydroxylation sites is 1. The largest absolute Gasteiger partial charge is 0.371 e. The van der Waals surface area contributed by atoms with Crippen molar-refractivity contribution in [2.45, 2.75) is 38.1 Å². The normalized spacial score (nSPS) is 14.3. The minimum absolute atomic E-state index is 0.0602. The van der Waals surface area contributed by atoms with Gasteiger partial charge in [0.25, 0.3) is 0 Å². The Balaban J connectivity index is 1.54. The molecule has 1 saturated heterocycles. The van der Waals surface area contributed by atoms with Gasteiger partial charge in [0.15, 0.2) is 0 Å². The van der Waals surface area contributed by atoms with Crippen LogP contribution < -0.4 is 14.9 Å². The number of hydrogen-bond acceptors (Lipinski definition) is 4. The van der Waals surface area contributed by atoms with E-state index in [0.717, 1.165) is 24.2 Å². The van der Waals surface area contributed by atoms with Crippen molar-refractivity contribution in [2.24, 2.45) is 0 Å². The summed E-state index contributed by atoms with van der Waals surface area (Å²) >= 11 is 0. The lowest BCUT2D eigenvalue weighted by Crippen LogP contribution is -2.37. The fraction of sp³-hybridized carbons (Fsp3) is 0.435. The standard InChI is InChI=1S/C23H32N4O3S/c1-24-31(29,30)18-20-12-10-19(11-13-20)16-25-23(28)26(2)17-21-8-4-5-9-22(21)27-14-6-3-7-15-27/h4-5,8-13,24H,3,6-7,14-18H2,1-2H3,(H,25,28).